The molecule has 0 aromatic rings. The first-order valence-electron chi connectivity index (χ1n) is 7.81. The maximum Gasteiger partial charge on any atom is 0.221 e. The molecule has 3 heteroatoms. The molecule has 0 heterocycles. The van der Waals surface area contributed by atoms with E-state index in [1.54, 1.807) is 0 Å². The Balaban J connectivity index is 1.63. The number of carbonyl (C=O) groups is 1. The second-order valence-corrected chi connectivity index (χ2v) is 6.31. The maximum atomic E-state index is 11.7. The Morgan fingerprint density at radius 1 is 1.32 bits per heavy atom. The van der Waals surface area contributed by atoms with Crippen LogP contribution in [-0.4, -0.2) is 24.5 Å². The van der Waals surface area contributed by atoms with Crippen molar-refractivity contribution in [1.82, 2.24) is 10.6 Å². The standard InChI is InChI=1S/C16H28N2O/c1-4-11(2)18-16(19)7-8-17-12(3)15-10-13-5-6-14(15)9-13/h5-6,11-15,17H,4,7-10H2,1-3H3,(H,18,19). The molecule has 0 aromatic heterocycles. The number of fused-ring (bicyclic) bond motifs is 2. The molecule has 5 atom stereocenters. The van der Waals surface area contributed by atoms with Gasteiger partial charge in [0.15, 0.2) is 0 Å². The van der Waals surface area contributed by atoms with Crippen molar-refractivity contribution < 1.29 is 4.79 Å². The van der Waals surface area contributed by atoms with E-state index >= 15 is 0 Å². The fraction of sp³-hybridized carbons (Fsp3) is 0.812. The van der Waals surface area contributed by atoms with E-state index in [4.69, 9.17) is 0 Å². The van der Waals surface area contributed by atoms with Crippen LogP contribution < -0.4 is 10.6 Å². The van der Waals surface area contributed by atoms with Crippen LogP contribution in [0.1, 0.15) is 46.5 Å². The highest BCUT2D eigenvalue weighted by atomic mass is 16.1. The zero-order chi connectivity index (χ0) is 13.8. The summed E-state index contributed by atoms with van der Waals surface area (Å²) in [5.74, 6) is 2.55. The van der Waals surface area contributed by atoms with Crippen molar-refractivity contribution in [2.24, 2.45) is 17.8 Å². The molecule has 2 rings (SSSR count). The molecule has 2 bridgehead atoms. The van der Waals surface area contributed by atoms with Crippen LogP contribution in [0.2, 0.25) is 0 Å². The zero-order valence-electron chi connectivity index (χ0n) is 12.5. The van der Waals surface area contributed by atoms with Crippen LogP contribution in [0.5, 0.6) is 0 Å². The molecule has 0 aliphatic heterocycles. The number of hydrogen-bond acceptors (Lipinski definition) is 2. The van der Waals surface area contributed by atoms with E-state index in [0.717, 1.165) is 30.7 Å². The van der Waals surface area contributed by atoms with Crippen LogP contribution in [0.4, 0.5) is 0 Å². The minimum absolute atomic E-state index is 0.168. The van der Waals surface area contributed by atoms with E-state index in [1.165, 1.54) is 12.8 Å². The lowest BCUT2D eigenvalue weighted by molar-refractivity contribution is -0.121. The number of carbonyl (C=O) groups excluding carboxylic acids is 1. The van der Waals surface area contributed by atoms with Gasteiger partial charge in [0.25, 0.3) is 0 Å². The largest absolute Gasteiger partial charge is 0.354 e. The first kappa shape index (κ1) is 14.6. The summed E-state index contributed by atoms with van der Waals surface area (Å²) in [6, 6.07) is 0.817. The van der Waals surface area contributed by atoms with E-state index in [1.807, 2.05) is 0 Å². The monoisotopic (exact) mass is 264 g/mol. The van der Waals surface area contributed by atoms with Gasteiger partial charge in [0, 0.05) is 25.0 Å². The minimum atomic E-state index is 0.168. The summed E-state index contributed by atoms with van der Waals surface area (Å²) >= 11 is 0. The third kappa shape index (κ3) is 3.82. The second-order valence-electron chi connectivity index (χ2n) is 6.31. The Hall–Kier alpha value is -0.830. The van der Waals surface area contributed by atoms with Crippen molar-refractivity contribution in [3.8, 4) is 0 Å². The minimum Gasteiger partial charge on any atom is -0.354 e. The zero-order valence-corrected chi connectivity index (χ0v) is 12.5. The number of allylic oxidation sites excluding steroid dienone is 2. The highest BCUT2D eigenvalue weighted by Gasteiger charge is 2.38. The Morgan fingerprint density at radius 2 is 2.11 bits per heavy atom. The third-order valence-electron chi connectivity index (χ3n) is 4.81. The molecule has 3 nitrogen and oxygen atoms in total. The van der Waals surface area contributed by atoms with Crippen molar-refractivity contribution in [3.63, 3.8) is 0 Å². The van der Waals surface area contributed by atoms with Crippen molar-refractivity contribution in [3.05, 3.63) is 12.2 Å². The predicted octanol–water partition coefficient (Wildman–Crippen LogP) is 2.48. The third-order valence-corrected chi connectivity index (χ3v) is 4.81. The van der Waals surface area contributed by atoms with Crippen molar-refractivity contribution in [2.75, 3.05) is 6.54 Å². The van der Waals surface area contributed by atoms with Crippen molar-refractivity contribution >= 4 is 5.91 Å². The molecule has 108 valence electrons. The van der Waals surface area contributed by atoms with Gasteiger partial charge in [0.2, 0.25) is 5.91 Å². The molecular formula is C16H28N2O. The molecule has 1 fully saturated rings. The summed E-state index contributed by atoms with van der Waals surface area (Å²) in [7, 11) is 0. The van der Waals surface area contributed by atoms with Gasteiger partial charge >= 0.3 is 0 Å². The molecule has 19 heavy (non-hydrogen) atoms. The SMILES string of the molecule is CCC(C)NC(=O)CCNC(C)C1CC2C=CC1C2. The number of rotatable bonds is 7. The summed E-state index contributed by atoms with van der Waals surface area (Å²) in [6.45, 7) is 7.20. The Bertz CT molecular complexity index is 340. The smallest absolute Gasteiger partial charge is 0.221 e. The molecule has 5 unspecified atom stereocenters. The summed E-state index contributed by atoms with van der Waals surface area (Å²) in [6.07, 6.45) is 9.04. The van der Waals surface area contributed by atoms with Gasteiger partial charge in [-0.3, -0.25) is 4.79 Å². The number of nitrogens with one attached hydrogen (secondary N) is 2. The van der Waals surface area contributed by atoms with E-state index < -0.39 is 0 Å². The first-order valence-corrected chi connectivity index (χ1v) is 7.81. The van der Waals surface area contributed by atoms with Gasteiger partial charge in [-0.25, -0.2) is 0 Å². The van der Waals surface area contributed by atoms with Crippen LogP contribution in [-0.2, 0) is 4.79 Å². The highest BCUT2D eigenvalue weighted by molar-refractivity contribution is 5.76. The van der Waals surface area contributed by atoms with Crippen molar-refractivity contribution in [1.29, 1.82) is 0 Å². The maximum absolute atomic E-state index is 11.7. The van der Waals surface area contributed by atoms with E-state index in [0.29, 0.717) is 18.5 Å². The molecule has 0 radical (unpaired) electrons. The predicted molar refractivity (Wildman–Crippen MR) is 78.8 cm³/mol. The van der Waals surface area contributed by atoms with Crippen LogP contribution in [0, 0.1) is 17.8 Å². The molecule has 1 saturated carbocycles. The molecule has 2 aliphatic carbocycles. The van der Waals surface area contributed by atoms with E-state index in [2.05, 4.69) is 43.6 Å². The normalized spacial score (nSPS) is 31.4. The van der Waals surface area contributed by atoms with Gasteiger partial charge in [-0.05, 0) is 50.9 Å². The molecule has 1 amide bonds. The fourth-order valence-electron chi connectivity index (χ4n) is 3.41. The molecule has 0 saturated heterocycles. The van der Waals surface area contributed by atoms with Gasteiger partial charge in [-0.2, -0.15) is 0 Å². The van der Waals surface area contributed by atoms with Gasteiger partial charge < -0.3 is 10.6 Å². The number of amides is 1. The van der Waals surface area contributed by atoms with Crippen LogP contribution in [0.25, 0.3) is 0 Å². The molecule has 0 aromatic carbocycles. The Kier molecular flexibility index (Phi) is 5.03. The Morgan fingerprint density at radius 3 is 2.68 bits per heavy atom. The molecule has 2 aliphatic rings. The van der Waals surface area contributed by atoms with Crippen molar-refractivity contribution in [2.45, 2.75) is 58.5 Å². The highest BCUT2D eigenvalue weighted by Crippen LogP contribution is 2.44. The van der Waals surface area contributed by atoms with Crippen LogP contribution in [0.15, 0.2) is 12.2 Å². The van der Waals surface area contributed by atoms with Gasteiger partial charge in [0.1, 0.15) is 0 Å². The lowest BCUT2D eigenvalue weighted by Crippen LogP contribution is -2.39. The molecule has 2 N–H and O–H groups in total. The number of hydrogen-bond donors (Lipinski definition) is 2. The van der Waals surface area contributed by atoms with Crippen LogP contribution in [0.3, 0.4) is 0 Å². The Labute approximate surface area is 117 Å². The lowest BCUT2D eigenvalue weighted by atomic mass is 9.87. The van der Waals surface area contributed by atoms with E-state index in [9.17, 15) is 4.79 Å². The second kappa shape index (κ2) is 6.56. The van der Waals surface area contributed by atoms with Gasteiger partial charge in [0.05, 0.1) is 0 Å². The lowest BCUT2D eigenvalue weighted by Gasteiger charge is -2.26. The summed E-state index contributed by atoms with van der Waals surface area (Å²) < 4.78 is 0. The van der Waals surface area contributed by atoms with Gasteiger partial charge in [-0.1, -0.05) is 19.1 Å². The average Bonchev–Trinajstić information content (AvgIpc) is 3.00. The molecule has 0 spiro atoms. The molecular weight excluding hydrogens is 236 g/mol. The fourth-order valence-corrected chi connectivity index (χ4v) is 3.41. The topological polar surface area (TPSA) is 41.1 Å². The van der Waals surface area contributed by atoms with E-state index in [-0.39, 0.29) is 5.91 Å². The quantitative estimate of drug-likeness (QED) is 0.694. The first-order chi connectivity index (χ1) is 9.10. The summed E-state index contributed by atoms with van der Waals surface area (Å²) in [5, 5.41) is 6.55. The van der Waals surface area contributed by atoms with Crippen LogP contribution >= 0.6 is 0 Å². The average molecular weight is 264 g/mol. The summed E-state index contributed by atoms with van der Waals surface area (Å²) in [4.78, 5) is 11.7. The van der Waals surface area contributed by atoms with Gasteiger partial charge in [-0.15, -0.1) is 0 Å². The summed E-state index contributed by atoms with van der Waals surface area (Å²) in [5.41, 5.74) is 0.